The van der Waals surface area contributed by atoms with Crippen LogP contribution in [0.25, 0.3) is 0 Å². The Kier molecular flexibility index (Phi) is 4.18. The molecular weight excluding hydrogens is 256 g/mol. The predicted molar refractivity (Wildman–Crippen MR) is 75.8 cm³/mol. The molecule has 1 fully saturated rings. The third kappa shape index (κ3) is 3.11. The van der Waals surface area contributed by atoms with Crippen LogP contribution in [0, 0.1) is 5.92 Å². The Hall–Kier alpha value is -1.59. The van der Waals surface area contributed by atoms with Crippen molar-refractivity contribution in [2.24, 2.45) is 5.92 Å². The summed E-state index contributed by atoms with van der Waals surface area (Å²) in [5.41, 5.74) is 1.91. The third-order valence-corrected chi connectivity index (χ3v) is 3.71. The Morgan fingerprint density at radius 1 is 1.35 bits per heavy atom. The van der Waals surface area contributed by atoms with E-state index in [0.717, 1.165) is 49.5 Å². The molecule has 1 aromatic rings. The zero-order chi connectivity index (χ0) is 13.8. The maximum Gasteiger partial charge on any atom is 0.229 e. The van der Waals surface area contributed by atoms with Gasteiger partial charge in [0.2, 0.25) is 5.91 Å². The van der Waals surface area contributed by atoms with Gasteiger partial charge in [0.15, 0.2) is 0 Å². The second-order valence-electron chi connectivity index (χ2n) is 5.25. The zero-order valence-electron chi connectivity index (χ0n) is 11.5. The molecule has 1 amide bonds. The number of anilines is 1. The highest BCUT2D eigenvalue weighted by molar-refractivity contribution is 5.92. The van der Waals surface area contributed by atoms with Gasteiger partial charge in [0.1, 0.15) is 12.4 Å². The van der Waals surface area contributed by atoms with E-state index in [0.29, 0.717) is 13.2 Å². The van der Waals surface area contributed by atoms with Gasteiger partial charge in [0.05, 0.1) is 12.5 Å². The molecule has 0 saturated carbocycles. The van der Waals surface area contributed by atoms with Crippen molar-refractivity contribution in [2.45, 2.75) is 19.4 Å². The molecule has 0 bridgehead atoms. The van der Waals surface area contributed by atoms with Crippen molar-refractivity contribution in [3.63, 3.8) is 0 Å². The smallest absolute Gasteiger partial charge is 0.229 e. The topological polar surface area (TPSA) is 59.6 Å². The molecule has 3 rings (SSSR count). The van der Waals surface area contributed by atoms with E-state index < -0.39 is 0 Å². The van der Waals surface area contributed by atoms with E-state index in [9.17, 15) is 4.79 Å². The molecule has 2 heterocycles. The van der Waals surface area contributed by atoms with Crippen LogP contribution in [-0.2, 0) is 16.1 Å². The van der Waals surface area contributed by atoms with Crippen molar-refractivity contribution in [3.05, 3.63) is 23.8 Å². The van der Waals surface area contributed by atoms with Crippen LogP contribution in [0.1, 0.15) is 18.4 Å². The lowest BCUT2D eigenvalue weighted by Gasteiger charge is -2.21. The normalized spacial score (nSPS) is 22.3. The van der Waals surface area contributed by atoms with Crippen molar-refractivity contribution in [1.29, 1.82) is 0 Å². The molecule has 108 valence electrons. The number of hydrogen-bond donors (Lipinski definition) is 2. The lowest BCUT2D eigenvalue weighted by Crippen LogP contribution is -2.30. The van der Waals surface area contributed by atoms with Crippen LogP contribution in [0.2, 0.25) is 0 Å². The monoisotopic (exact) mass is 276 g/mol. The second-order valence-corrected chi connectivity index (χ2v) is 5.25. The van der Waals surface area contributed by atoms with Crippen LogP contribution in [0.15, 0.2) is 18.2 Å². The van der Waals surface area contributed by atoms with E-state index in [1.807, 2.05) is 18.2 Å². The van der Waals surface area contributed by atoms with E-state index >= 15 is 0 Å². The molecule has 1 atom stereocenters. The second kappa shape index (κ2) is 6.24. The summed E-state index contributed by atoms with van der Waals surface area (Å²) in [7, 11) is 0. The molecule has 0 aliphatic carbocycles. The van der Waals surface area contributed by atoms with Crippen molar-refractivity contribution < 1.29 is 14.3 Å². The Bertz CT molecular complexity index is 484. The fourth-order valence-electron chi connectivity index (χ4n) is 2.58. The number of nitrogens with one attached hydrogen (secondary N) is 2. The van der Waals surface area contributed by atoms with E-state index in [2.05, 4.69) is 10.6 Å². The number of carbonyl (C=O) groups is 1. The summed E-state index contributed by atoms with van der Waals surface area (Å²) in [6.07, 6.45) is 1.86. The summed E-state index contributed by atoms with van der Waals surface area (Å²) in [5, 5.41) is 6.27. The summed E-state index contributed by atoms with van der Waals surface area (Å²) < 4.78 is 11.0. The lowest BCUT2D eigenvalue weighted by atomic mass is 10.0. The Labute approximate surface area is 118 Å². The Morgan fingerprint density at radius 2 is 2.30 bits per heavy atom. The van der Waals surface area contributed by atoms with Gasteiger partial charge in [-0.25, -0.2) is 0 Å². The molecule has 1 aromatic carbocycles. The minimum Gasteiger partial charge on any atom is -0.492 e. The first-order valence-electron chi connectivity index (χ1n) is 7.18. The number of amides is 1. The molecule has 2 aliphatic rings. The Morgan fingerprint density at radius 3 is 3.15 bits per heavy atom. The van der Waals surface area contributed by atoms with Gasteiger partial charge >= 0.3 is 0 Å². The molecule has 0 aromatic heterocycles. The first-order valence-corrected chi connectivity index (χ1v) is 7.18. The summed E-state index contributed by atoms with van der Waals surface area (Å²) in [6, 6.07) is 5.80. The maximum absolute atomic E-state index is 12.2. The molecule has 5 nitrogen and oxygen atoms in total. The first kappa shape index (κ1) is 13.4. The van der Waals surface area contributed by atoms with Crippen LogP contribution in [-0.4, -0.2) is 32.3 Å². The molecule has 1 saturated heterocycles. The molecule has 2 aliphatic heterocycles. The molecule has 2 N–H and O–H groups in total. The molecular formula is C15H20N2O3. The summed E-state index contributed by atoms with van der Waals surface area (Å²) in [5.74, 6) is 0.915. The standard InChI is InChI=1S/C15H20N2O3/c18-15(11-2-1-6-19-10-11)17-13-3-4-14-12(8-13)9-16-5-7-20-14/h3-4,8,11,16H,1-2,5-7,9-10H2,(H,17,18). The third-order valence-electron chi connectivity index (χ3n) is 3.71. The minimum absolute atomic E-state index is 0.0306. The molecule has 0 radical (unpaired) electrons. The fraction of sp³-hybridized carbons (Fsp3) is 0.533. The highest BCUT2D eigenvalue weighted by Gasteiger charge is 2.22. The van der Waals surface area contributed by atoms with Gasteiger partial charge in [-0.05, 0) is 31.0 Å². The average molecular weight is 276 g/mol. The van der Waals surface area contributed by atoms with Crippen molar-refractivity contribution in [3.8, 4) is 5.75 Å². The summed E-state index contributed by atoms with van der Waals surface area (Å²) in [4.78, 5) is 12.2. The molecule has 0 spiro atoms. The van der Waals surface area contributed by atoms with Crippen LogP contribution >= 0.6 is 0 Å². The minimum atomic E-state index is -0.0306. The Balaban J connectivity index is 1.68. The van der Waals surface area contributed by atoms with E-state index in [1.165, 1.54) is 0 Å². The maximum atomic E-state index is 12.2. The van der Waals surface area contributed by atoms with Gasteiger partial charge in [-0.2, -0.15) is 0 Å². The van der Waals surface area contributed by atoms with E-state index in [-0.39, 0.29) is 11.8 Å². The highest BCUT2D eigenvalue weighted by atomic mass is 16.5. The van der Waals surface area contributed by atoms with Crippen LogP contribution in [0.5, 0.6) is 5.75 Å². The van der Waals surface area contributed by atoms with Crippen LogP contribution < -0.4 is 15.4 Å². The molecule has 20 heavy (non-hydrogen) atoms. The number of ether oxygens (including phenoxy) is 2. The SMILES string of the molecule is O=C(Nc1ccc2c(c1)CNCCO2)C1CCCOC1. The fourth-order valence-corrected chi connectivity index (χ4v) is 2.58. The van der Waals surface area contributed by atoms with E-state index in [4.69, 9.17) is 9.47 Å². The zero-order valence-corrected chi connectivity index (χ0v) is 11.5. The van der Waals surface area contributed by atoms with Gasteiger partial charge in [0, 0.05) is 30.9 Å². The van der Waals surface area contributed by atoms with E-state index in [1.54, 1.807) is 0 Å². The molecule has 1 unspecified atom stereocenters. The number of rotatable bonds is 2. The highest BCUT2D eigenvalue weighted by Crippen LogP contribution is 2.25. The largest absolute Gasteiger partial charge is 0.492 e. The molecule has 5 heteroatoms. The lowest BCUT2D eigenvalue weighted by molar-refractivity contribution is -0.123. The number of hydrogen-bond acceptors (Lipinski definition) is 4. The van der Waals surface area contributed by atoms with Crippen molar-refractivity contribution >= 4 is 11.6 Å². The summed E-state index contributed by atoms with van der Waals surface area (Å²) in [6.45, 7) is 3.59. The van der Waals surface area contributed by atoms with Crippen molar-refractivity contribution in [2.75, 3.05) is 31.7 Å². The van der Waals surface area contributed by atoms with Gasteiger partial charge < -0.3 is 20.1 Å². The van der Waals surface area contributed by atoms with Gasteiger partial charge in [-0.1, -0.05) is 0 Å². The number of carbonyl (C=O) groups excluding carboxylic acids is 1. The number of fused-ring (bicyclic) bond motifs is 1. The number of benzene rings is 1. The van der Waals surface area contributed by atoms with Gasteiger partial charge in [0.25, 0.3) is 0 Å². The van der Waals surface area contributed by atoms with Crippen molar-refractivity contribution in [1.82, 2.24) is 5.32 Å². The van der Waals surface area contributed by atoms with Crippen LogP contribution in [0.3, 0.4) is 0 Å². The summed E-state index contributed by atoms with van der Waals surface area (Å²) >= 11 is 0. The average Bonchev–Trinajstić information content (AvgIpc) is 2.73. The first-order chi connectivity index (χ1) is 9.83. The van der Waals surface area contributed by atoms with Crippen LogP contribution in [0.4, 0.5) is 5.69 Å². The van der Waals surface area contributed by atoms with Gasteiger partial charge in [-0.15, -0.1) is 0 Å². The van der Waals surface area contributed by atoms with Gasteiger partial charge in [-0.3, -0.25) is 4.79 Å². The predicted octanol–water partition coefficient (Wildman–Crippen LogP) is 1.53. The quantitative estimate of drug-likeness (QED) is 0.860.